The molecular weight excluding hydrogens is 258 g/mol. The number of nitrogens with one attached hydrogen (secondary N) is 1. The number of hydrogen-bond donors (Lipinski definition) is 1. The molecule has 0 aromatic heterocycles. The molecule has 1 unspecified atom stereocenters. The summed E-state index contributed by atoms with van der Waals surface area (Å²) >= 11 is 3.36. The summed E-state index contributed by atoms with van der Waals surface area (Å²) in [5, 5.41) is 3.21. The van der Waals surface area contributed by atoms with Gasteiger partial charge in [-0.25, -0.2) is 0 Å². The smallest absolute Gasteiger partial charge is 0.307 e. The van der Waals surface area contributed by atoms with Crippen LogP contribution in [0.25, 0.3) is 0 Å². The molecule has 4 heteroatoms. The van der Waals surface area contributed by atoms with E-state index in [9.17, 15) is 4.79 Å². The normalized spacial score (nSPS) is 11.9. The summed E-state index contributed by atoms with van der Waals surface area (Å²) in [4.78, 5) is 11.0. The first-order valence-electron chi connectivity index (χ1n) is 4.70. The second kappa shape index (κ2) is 5.75. The highest BCUT2D eigenvalue weighted by molar-refractivity contribution is 9.10. The molecule has 0 aliphatic carbocycles. The largest absolute Gasteiger partial charge is 0.469 e. The van der Waals surface area contributed by atoms with Crippen molar-refractivity contribution in [2.45, 2.75) is 19.4 Å². The lowest BCUT2D eigenvalue weighted by Crippen LogP contribution is -2.20. The first-order valence-corrected chi connectivity index (χ1v) is 5.50. The van der Waals surface area contributed by atoms with Crippen molar-refractivity contribution in [1.29, 1.82) is 0 Å². The third-order valence-electron chi connectivity index (χ3n) is 1.96. The van der Waals surface area contributed by atoms with Gasteiger partial charge in [-0.1, -0.05) is 15.9 Å². The summed E-state index contributed by atoms with van der Waals surface area (Å²) in [5.41, 5.74) is 0.995. The quantitative estimate of drug-likeness (QED) is 0.856. The number of esters is 1. The van der Waals surface area contributed by atoms with E-state index in [4.69, 9.17) is 0 Å². The number of rotatable bonds is 4. The first kappa shape index (κ1) is 12.0. The molecule has 82 valence electrons. The number of ether oxygens (including phenoxy) is 1. The molecular formula is C11H14BrNO2. The van der Waals surface area contributed by atoms with Crippen LogP contribution in [-0.4, -0.2) is 19.1 Å². The Morgan fingerprint density at radius 3 is 2.60 bits per heavy atom. The molecule has 0 aliphatic heterocycles. The summed E-state index contributed by atoms with van der Waals surface area (Å²) < 4.78 is 5.63. The van der Waals surface area contributed by atoms with E-state index in [-0.39, 0.29) is 12.0 Å². The molecule has 0 bridgehead atoms. The van der Waals surface area contributed by atoms with Crippen LogP contribution in [0.1, 0.15) is 13.3 Å². The average molecular weight is 272 g/mol. The number of methoxy groups -OCH3 is 1. The van der Waals surface area contributed by atoms with Crippen LogP contribution in [0.2, 0.25) is 0 Å². The molecule has 15 heavy (non-hydrogen) atoms. The Kier molecular flexibility index (Phi) is 4.62. The van der Waals surface area contributed by atoms with E-state index < -0.39 is 0 Å². The van der Waals surface area contributed by atoms with E-state index >= 15 is 0 Å². The molecule has 1 atom stereocenters. The zero-order valence-electron chi connectivity index (χ0n) is 8.79. The van der Waals surface area contributed by atoms with Gasteiger partial charge in [-0.15, -0.1) is 0 Å². The second-order valence-electron chi connectivity index (χ2n) is 3.33. The number of carbonyl (C=O) groups excluding carboxylic acids is 1. The molecule has 1 aromatic rings. The summed E-state index contributed by atoms with van der Waals surface area (Å²) in [6, 6.07) is 7.88. The summed E-state index contributed by atoms with van der Waals surface area (Å²) in [6.45, 7) is 1.94. The number of anilines is 1. The average Bonchev–Trinajstić information content (AvgIpc) is 2.21. The van der Waals surface area contributed by atoms with E-state index in [2.05, 4.69) is 26.0 Å². The van der Waals surface area contributed by atoms with Gasteiger partial charge in [0.1, 0.15) is 0 Å². The zero-order chi connectivity index (χ0) is 11.3. The third kappa shape index (κ3) is 4.34. The van der Waals surface area contributed by atoms with E-state index in [1.54, 1.807) is 0 Å². The first-order chi connectivity index (χ1) is 7.11. The van der Waals surface area contributed by atoms with Gasteiger partial charge in [0.15, 0.2) is 0 Å². The summed E-state index contributed by atoms with van der Waals surface area (Å²) in [6.07, 6.45) is 0.368. The van der Waals surface area contributed by atoms with Crippen LogP contribution in [0.3, 0.4) is 0 Å². The topological polar surface area (TPSA) is 38.3 Å². The predicted molar refractivity (Wildman–Crippen MR) is 63.9 cm³/mol. The highest BCUT2D eigenvalue weighted by Crippen LogP contribution is 2.15. The summed E-state index contributed by atoms with van der Waals surface area (Å²) in [5.74, 6) is -0.202. The Balaban J connectivity index is 2.47. The van der Waals surface area contributed by atoms with Crippen molar-refractivity contribution in [2.24, 2.45) is 0 Å². The minimum Gasteiger partial charge on any atom is -0.469 e. The van der Waals surface area contributed by atoms with Crippen LogP contribution in [0.15, 0.2) is 28.7 Å². The Hall–Kier alpha value is -1.03. The fourth-order valence-corrected chi connectivity index (χ4v) is 1.48. The van der Waals surface area contributed by atoms with Crippen molar-refractivity contribution >= 4 is 27.6 Å². The Morgan fingerprint density at radius 1 is 1.47 bits per heavy atom. The van der Waals surface area contributed by atoms with Gasteiger partial charge in [0.25, 0.3) is 0 Å². The van der Waals surface area contributed by atoms with Crippen LogP contribution in [0, 0.1) is 0 Å². The van der Waals surface area contributed by atoms with Gasteiger partial charge in [-0.3, -0.25) is 4.79 Å². The number of carbonyl (C=O) groups is 1. The predicted octanol–water partition coefficient (Wildman–Crippen LogP) is 2.81. The van der Waals surface area contributed by atoms with Gasteiger partial charge in [0.05, 0.1) is 13.5 Å². The molecule has 0 fully saturated rings. The van der Waals surface area contributed by atoms with Crippen LogP contribution < -0.4 is 5.32 Å². The molecule has 1 aromatic carbocycles. The van der Waals surface area contributed by atoms with Crippen molar-refractivity contribution in [3.8, 4) is 0 Å². The van der Waals surface area contributed by atoms with E-state index in [1.165, 1.54) is 7.11 Å². The molecule has 0 spiro atoms. The Bertz CT molecular complexity index is 324. The second-order valence-corrected chi connectivity index (χ2v) is 4.25. The molecule has 0 saturated carbocycles. The van der Waals surface area contributed by atoms with Crippen molar-refractivity contribution < 1.29 is 9.53 Å². The van der Waals surface area contributed by atoms with Gasteiger partial charge in [0, 0.05) is 16.2 Å². The molecule has 0 saturated heterocycles. The van der Waals surface area contributed by atoms with Gasteiger partial charge in [-0.2, -0.15) is 0 Å². The van der Waals surface area contributed by atoms with Crippen molar-refractivity contribution in [2.75, 3.05) is 12.4 Å². The van der Waals surface area contributed by atoms with Gasteiger partial charge in [0.2, 0.25) is 0 Å². The van der Waals surface area contributed by atoms with Crippen LogP contribution in [0.4, 0.5) is 5.69 Å². The molecule has 0 amide bonds. The fraction of sp³-hybridized carbons (Fsp3) is 0.364. The van der Waals surface area contributed by atoms with Crippen LogP contribution in [0.5, 0.6) is 0 Å². The molecule has 3 nitrogen and oxygen atoms in total. The van der Waals surface area contributed by atoms with Gasteiger partial charge in [-0.05, 0) is 31.2 Å². The zero-order valence-corrected chi connectivity index (χ0v) is 10.4. The minimum absolute atomic E-state index is 0.0682. The van der Waals surface area contributed by atoms with E-state index in [0.29, 0.717) is 6.42 Å². The van der Waals surface area contributed by atoms with Crippen molar-refractivity contribution in [3.05, 3.63) is 28.7 Å². The third-order valence-corrected chi connectivity index (χ3v) is 2.49. The Morgan fingerprint density at radius 2 is 2.07 bits per heavy atom. The van der Waals surface area contributed by atoms with E-state index in [1.807, 2.05) is 31.2 Å². The molecule has 1 N–H and O–H groups in total. The maximum Gasteiger partial charge on any atom is 0.307 e. The lowest BCUT2D eigenvalue weighted by atomic mass is 10.2. The van der Waals surface area contributed by atoms with Crippen molar-refractivity contribution in [3.63, 3.8) is 0 Å². The molecule has 1 rings (SSSR count). The van der Waals surface area contributed by atoms with Crippen LogP contribution in [-0.2, 0) is 9.53 Å². The SMILES string of the molecule is COC(=O)CC(C)Nc1ccc(Br)cc1. The van der Waals surface area contributed by atoms with Crippen LogP contribution >= 0.6 is 15.9 Å². The number of benzene rings is 1. The molecule has 0 radical (unpaired) electrons. The maximum atomic E-state index is 11.0. The molecule has 0 aliphatic rings. The van der Waals surface area contributed by atoms with Crippen molar-refractivity contribution in [1.82, 2.24) is 0 Å². The fourth-order valence-electron chi connectivity index (χ4n) is 1.21. The molecule has 0 heterocycles. The minimum atomic E-state index is -0.202. The monoisotopic (exact) mass is 271 g/mol. The maximum absolute atomic E-state index is 11.0. The van der Waals surface area contributed by atoms with Gasteiger partial charge < -0.3 is 10.1 Å². The van der Waals surface area contributed by atoms with Gasteiger partial charge >= 0.3 is 5.97 Å². The Labute approximate surface area is 97.9 Å². The van der Waals surface area contributed by atoms with E-state index in [0.717, 1.165) is 10.2 Å². The highest BCUT2D eigenvalue weighted by Gasteiger charge is 2.08. The standard InChI is InChI=1S/C11H14BrNO2/c1-8(7-11(14)15-2)13-10-5-3-9(12)4-6-10/h3-6,8,13H,7H2,1-2H3. The highest BCUT2D eigenvalue weighted by atomic mass is 79.9. The lowest BCUT2D eigenvalue weighted by molar-refractivity contribution is -0.140. The number of halogens is 1. The lowest BCUT2D eigenvalue weighted by Gasteiger charge is -2.13. The summed E-state index contributed by atoms with van der Waals surface area (Å²) in [7, 11) is 1.40. The number of hydrogen-bond acceptors (Lipinski definition) is 3.